The predicted molar refractivity (Wildman–Crippen MR) is 104 cm³/mol. The topological polar surface area (TPSA) is 75.4 Å². The van der Waals surface area contributed by atoms with Crippen LogP contribution in [0.1, 0.15) is 32.6 Å². The van der Waals surface area contributed by atoms with Crippen LogP contribution in [0.5, 0.6) is 0 Å². The molecular formula is C21H25N3O2. The Balaban J connectivity index is 1.85. The van der Waals surface area contributed by atoms with E-state index < -0.39 is 11.8 Å². The Morgan fingerprint density at radius 1 is 0.962 bits per heavy atom. The van der Waals surface area contributed by atoms with E-state index in [9.17, 15) is 9.59 Å². The summed E-state index contributed by atoms with van der Waals surface area (Å²) in [5.41, 5.74) is 7.62. The molecule has 2 atom stereocenters. The lowest BCUT2D eigenvalue weighted by atomic mass is 9.86. The fourth-order valence-corrected chi connectivity index (χ4v) is 3.45. The average Bonchev–Trinajstić information content (AvgIpc) is 2.66. The van der Waals surface area contributed by atoms with Gasteiger partial charge in [0, 0.05) is 23.1 Å². The maximum atomic E-state index is 13.0. The normalized spacial score (nSPS) is 19.6. The highest BCUT2D eigenvalue weighted by molar-refractivity contribution is 6.42. The molecule has 0 radical (unpaired) electrons. The highest BCUT2D eigenvalue weighted by Crippen LogP contribution is 2.27. The van der Waals surface area contributed by atoms with Gasteiger partial charge in [-0.2, -0.15) is 0 Å². The summed E-state index contributed by atoms with van der Waals surface area (Å²) >= 11 is 0. The SMILES string of the molecule is CC1CCCCC1NC(=O)C(=O)N(c1ccccc1)c1ccc(N)cc1. The molecule has 26 heavy (non-hydrogen) atoms. The molecule has 1 saturated carbocycles. The molecule has 1 aliphatic rings. The van der Waals surface area contributed by atoms with E-state index in [1.807, 2.05) is 30.3 Å². The van der Waals surface area contributed by atoms with Gasteiger partial charge in [0.25, 0.3) is 0 Å². The van der Waals surface area contributed by atoms with Gasteiger partial charge in [-0.3, -0.25) is 14.5 Å². The van der Waals surface area contributed by atoms with Gasteiger partial charge in [-0.05, 0) is 55.2 Å². The number of rotatable bonds is 3. The first-order valence-electron chi connectivity index (χ1n) is 9.12. The van der Waals surface area contributed by atoms with Gasteiger partial charge in [0.2, 0.25) is 0 Å². The number of hydrogen-bond donors (Lipinski definition) is 2. The highest BCUT2D eigenvalue weighted by Gasteiger charge is 2.29. The molecule has 1 fully saturated rings. The first-order valence-corrected chi connectivity index (χ1v) is 9.12. The minimum atomic E-state index is -0.584. The molecule has 0 spiro atoms. The van der Waals surface area contributed by atoms with Crippen molar-refractivity contribution in [3.05, 3.63) is 54.6 Å². The molecular weight excluding hydrogens is 326 g/mol. The van der Waals surface area contributed by atoms with Crippen molar-refractivity contribution in [1.29, 1.82) is 0 Å². The number of hydrogen-bond acceptors (Lipinski definition) is 3. The van der Waals surface area contributed by atoms with Crippen molar-refractivity contribution in [2.75, 3.05) is 10.6 Å². The Bertz CT molecular complexity index is 759. The number of para-hydroxylation sites is 1. The molecule has 3 N–H and O–H groups in total. The lowest BCUT2D eigenvalue weighted by Crippen LogP contribution is -2.48. The van der Waals surface area contributed by atoms with E-state index in [1.54, 1.807) is 24.3 Å². The third kappa shape index (κ3) is 4.04. The molecule has 0 saturated heterocycles. The van der Waals surface area contributed by atoms with Gasteiger partial charge >= 0.3 is 11.8 Å². The number of benzene rings is 2. The Kier molecular flexibility index (Phi) is 5.56. The highest BCUT2D eigenvalue weighted by atomic mass is 16.2. The molecule has 2 aromatic rings. The van der Waals surface area contributed by atoms with Gasteiger partial charge in [0.1, 0.15) is 0 Å². The van der Waals surface area contributed by atoms with Crippen molar-refractivity contribution < 1.29 is 9.59 Å². The largest absolute Gasteiger partial charge is 0.399 e. The van der Waals surface area contributed by atoms with E-state index in [0.717, 1.165) is 19.3 Å². The second-order valence-corrected chi connectivity index (χ2v) is 6.91. The molecule has 0 bridgehead atoms. The third-order valence-electron chi connectivity index (χ3n) is 4.99. The molecule has 3 rings (SSSR count). The van der Waals surface area contributed by atoms with Crippen LogP contribution in [0.15, 0.2) is 54.6 Å². The number of anilines is 3. The van der Waals surface area contributed by atoms with Crippen LogP contribution in [-0.4, -0.2) is 17.9 Å². The second kappa shape index (κ2) is 8.04. The summed E-state index contributed by atoms with van der Waals surface area (Å²) in [7, 11) is 0. The maximum Gasteiger partial charge on any atom is 0.320 e. The second-order valence-electron chi connectivity index (χ2n) is 6.91. The lowest BCUT2D eigenvalue weighted by Gasteiger charge is -2.30. The van der Waals surface area contributed by atoms with Crippen molar-refractivity contribution in [2.24, 2.45) is 5.92 Å². The minimum Gasteiger partial charge on any atom is -0.399 e. The average molecular weight is 351 g/mol. The molecule has 1 aliphatic carbocycles. The molecule has 0 aliphatic heterocycles. The molecule has 2 unspecified atom stereocenters. The van der Waals surface area contributed by atoms with Crippen molar-refractivity contribution in [2.45, 2.75) is 38.6 Å². The zero-order valence-electron chi connectivity index (χ0n) is 15.0. The fraction of sp³-hybridized carbons (Fsp3) is 0.333. The fourth-order valence-electron chi connectivity index (χ4n) is 3.45. The molecule has 0 aromatic heterocycles. The number of nitrogens with one attached hydrogen (secondary N) is 1. The van der Waals surface area contributed by atoms with Crippen LogP contribution in [0.2, 0.25) is 0 Å². The number of nitrogens with two attached hydrogens (primary N) is 1. The number of carbonyl (C=O) groups excluding carboxylic acids is 2. The van der Waals surface area contributed by atoms with Crippen LogP contribution in [0.3, 0.4) is 0 Å². The molecule has 2 aromatic carbocycles. The van der Waals surface area contributed by atoms with Crippen molar-refractivity contribution in [1.82, 2.24) is 5.32 Å². The summed E-state index contributed by atoms with van der Waals surface area (Å²) < 4.78 is 0. The van der Waals surface area contributed by atoms with Crippen LogP contribution < -0.4 is 16.0 Å². The van der Waals surface area contributed by atoms with E-state index in [-0.39, 0.29) is 6.04 Å². The van der Waals surface area contributed by atoms with Crippen molar-refractivity contribution >= 4 is 28.9 Å². The van der Waals surface area contributed by atoms with Crippen LogP contribution in [-0.2, 0) is 9.59 Å². The number of carbonyl (C=O) groups is 2. The smallest absolute Gasteiger partial charge is 0.320 e. The minimum absolute atomic E-state index is 0.0595. The van der Waals surface area contributed by atoms with Crippen LogP contribution in [0.25, 0.3) is 0 Å². The van der Waals surface area contributed by atoms with Gasteiger partial charge in [0.15, 0.2) is 0 Å². The van der Waals surface area contributed by atoms with Gasteiger partial charge in [-0.1, -0.05) is 38.0 Å². The standard InChI is InChI=1S/C21H25N3O2/c1-15-7-5-6-10-19(15)23-20(25)21(26)24(17-8-3-2-4-9-17)18-13-11-16(22)12-14-18/h2-4,8-9,11-15,19H,5-7,10,22H2,1H3,(H,23,25). The van der Waals surface area contributed by atoms with E-state index in [2.05, 4.69) is 12.2 Å². The quantitative estimate of drug-likeness (QED) is 0.655. The Morgan fingerprint density at radius 3 is 2.23 bits per heavy atom. The van der Waals surface area contributed by atoms with Gasteiger partial charge in [0.05, 0.1) is 0 Å². The number of nitrogen functional groups attached to an aromatic ring is 1. The first-order chi connectivity index (χ1) is 12.6. The lowest BCUT2D eigenvalue weighted by molar-refractivity contribution is -0.138. The van der Waals surface area contributed by atoms with Crippen LogP contribution >= 0.6 is 0 Å². The third-order valence-corrected chi connectivity index (χ3v) is 4.99. The molecule has 5 nitrogen and oxygen atoms in total. The summed E-state index contributed by atoms with van der Waals surface area (Å²) in [5.74, 6) is -0.759. The summed E-state index contributed by atoms with van der Waals surface area (Å²) in [6, 6.07) is 16.2. The van der Waals surface area contributed by atoms with Gasteiger partial charge < -0.3 is 11.1 Å². The summed E-state index contributed by atoms with van der Waals surface area (Å²) in [5, 5.41) is 2.94. The maximum absolute atomic E-state index is 13.0. The van der Waals surface area contributed by atoms with E-state index in [1.165, 1.54) is 11.3 Å². The van der Waals surface area contributed by atoms with E-state index in [4.69, 9.17) is 5.73 Å². The number of nitrogens with zero attached hydrogens (tertiary/aromatic N) is 1. The van der Waals surface area contributed by atoms with Crippen molar-refractivity contribution in [3.8, 4) is 0 Å². The Morgan fingerprint density at radius 2 is 1.58 bits per heavy atom. The summed E-state index contributed by atoms with van der Waals surface area (Å²) in [4.78, 5) is 27.1. The van der Waals surface area contributed by atoms with Crippen molar-refractivity contribution in [3.63, 3.8) is 0 Å². The van der Waals surface area contributed by atoms with E-state index >= 15 is 0 Å². The summed E-state index contributed by atoms with van der Waals surface area (Å²) in [6.07, 6.45) is 4.28. The monoisotopic (exact) mass is 351 g/mol. The predicted octanol–water partition coefficient (Wildman–Crippen LogP) is 3.63. The van der Waals surface area contributed by atoms with Gasteiger partial charge in [-0.25, -0.2) is 0 Å². The Hall–Kier alpha value is -2.82. The molecule has 2 amide bonds. The zero-order chi connectivity index (χ0) is 18.5. The van der Waals surface area contributed by atoms with Crippen LogP contribution in [0.4, 0.5) is 17.1 Å². The van der Waals surface area contributed by atoms with Crippen LogP contribution in [0, 0.1) is 5.92 Å². The number of amides is 2. The Labute approximate surface area is 154 Å². The van der Waals surface area contributed by atoms with Gasteiger partial charge in [-0.15, -0.1) is 0 Å². The summed E-state index contributed by atoms with van der Waals surface area (Å²) in [6.45, 7) is 2.13. The molecule has 5 heteroatoms. The molecule has 0 heterocycles. The zero-order valence-corrected chi connectivity index (χ0v) is 15.0. The molecule has 136 valence electrons. The van der Waals surface area contributed by atoms with E-state index in [0.29, 0.717) is 23.0 Å². The first kappa shape index (κ1) is 18.0.